The van der Waals surface area contributed by atoms with Crippen molar-refractivity contribution < 1.29 is 14.6 Å². The number of aliphatic hydroxyl groups excluding tert-OH is 1. The standard InChI is InChI=1S/C11H21NO3/c1-8(2)10(6-13)12-11(14)9-4-3-5-15-7-9/h8-10,13H,3-7H2,1-2H3,(H,12,14). The van der Waals surface area contributed by atoms with Crippen LogP contribution in [0, 0.1) is 11.8 Å². The number of rotatable bonds is 4. The molecule has 0 aliphatic carbocycles. The van der Waals surface area contributed by atoms with Gasteiger partial charge in [-0.15, -0.1) is 0 Å². The Hall–Kier alpha value is -0.610. The van der Waals surface area contributed by atoms with Crippen LogP contribution in [0.4, 0.5) is 0 Å². The van der Waals surface area contributed by atoms with Crippen molar-refractivity contribution in [3.8, 4) is 0 Å². The van der Waals surface area contributed by atoms with Gasteiger partial charge >= 0.3 is 0 Å². The molecule has 0 aromatic heterocycles. The van der Waals surface area contributed by atoms with E-state index < -0.39 is 0 Å². The Kier molecular flexibility index (Phi) is 5.05. The minimum Gasteiger partial charge on any atom is -0.394 e. The molecule has 1 aliphatic heterocycles. The minimum absolute atomic E-state index is 0.00299. The van der Waals surface area contributed by atoms with Gasteiger partial charge in [-0.1, -0.05) is 13.8 Å². The number of ether oxygens (including phenoxy) is 1. The lowest BCUT2D eigenvalue weighted by atomic mass is 9.99. The average molecular weight is 215 g/mol. The molecule has 1 saturated heterocycles. The molecule has 15 heavy (non-hydrogen) atoms. The first-order valence-electron chi connectivity index (χ1n) is 5.64. The molecule has 1 fully saturated rings. The summed E-state index contributed by atoms with van der Waals surface area (Å²) >= 11 is 0. The van der Waals surface area contributed by atoms with E-state index >= 15 is 0 Å². The first-order valence-corrected chi connectivity index (χ1v) is 5.64. The Labute approximate surface area is 91.0 Å². The second-order valence-corrected chi connectivity index (χ2v) is 4.46. The van der Waals surface area contributed by atoms with E-state index in [0.29, 0.717) is 6.61 Å². The van der Waals surface area contributed by atoms with Gasteiger partial charge in [0.2, 0.25) is 5.91 Å². The summed E-state index contributed by atoms with van der Waals surface area (Å²) in [5.41, 5.74) is 0. The first-order chi connectivity index (χ1) is 7.15. The van der Waals surface area contributed by atoms with E-state index in [-0.39, 0.29) is 30.4 Å². The second kappa shape index (κ2) is 6.08. The van der Waals surface area contributed by atoms with Crippen LogP contribution in [-0.2, 0) is 9.53 Å². The van der Waals surface area contributed by atoms with Crippen molar-refractivity contribution >= 4 is 5.91 Å². The number of amides is 1. The van der Waals surface area contributed by atoms with Gasteiger partial charge in [-0.05, 0) is 18.8 Å². The van der Waals surface area contributed by atoms with Crippen LogP contribution in [0.3, 0.4) is 0 Å². The molecule has 88 valence electrons. The molecule has 2 atom stereocenters. The summed E-state index contributed by atoms with van der Waals surface area (Å²) in [7, 11) is 0. The molecule has 0 spiro atoms. The van der Waals surface area contributed by atoms with Crippen LogP contribution in [0.15, 0.2) is 0 Å². The number of aliphatic hydroxyl groups is 1. The van der Waals surface area contributed by atoms with Crippen LogP contribution in [-0.4, -0.2) is 36.9 Å². The van der Waals surface area contributed by atoms with Gasteiger partial charge in [-0.25, -0.2) is 0 Å². The van der Waals surface area contributed by atoms with Crippen molar-refractivity contribution in [2.45, 2.75) is 32.7 Å². The molecule has 0 saturated carbocycles. The number of nitrogens with one attached hydrogen (secondary N) is 1. The molecule has 1 aliphatic rings. The van der Waals surface area contributed by atoms with E-state index in [1.165, 1.54) is 0 Å². The molecule has 0 radical (unpaired) electrons. The fourth-order valence-electron chi connectivity index (χ4n) is 1.67. The van der Waals surface area contributed by atoms with Gasteiger partial charge in [-0.2, -0.15) is 0 Å². The van der Waals surface area contributed by atoms with Crippen molar-refractivity contribution in [2.75, 3.05) is 19.8 Å². The summed E-state index contributed by atoms with van der Waals surface area (Å²) < 4.78 is 5.26. The van der Waals surface area contributed by atoms with E-state index in [1.807, 2.05) is 13.8 Å². The zero-order valence-electron chi connectivity index (χ0n) is 9.53. The van der Waals surface area contributed by atoms with E-state index in [1.54, 1.807) is 0 Å². The zero-order chi connectivity index (χ0) is 11.3. The van der Waals surface area contributed by atoms with Gasteiger partial charge < -0.3 is 15.2 Å². The van der Waals surface area contributed by atoms with Crippen molar-refractivity contribution in [1.82, 2.24) is 5.32 Å². The van der Waals surface area contributed by atoms with E-state index in [0.717, 1.165) is 19.4 Å². The van der Waals surface area contributed by atoms with Crippen LogP contribution in [0.2, 0.25) is 0 Å². The average Bonchev–Trinajstić information content (AvgIpc) is 2.26. The van der Waals surface area contributed by atoms with E-state index in [2.05, 4.69) is 5.32 Å². The largest absolute Gasteiger partial charge is 0.394 e. The van der Waals surface area contributed by atoms with Crippen LogP contribution in [0.1, 0.15) is 26.7 Å². The number of carbonyl (C=O) groups is 1. The Bertz CT molecular complexity index is 200. The molecule has 0 aromatic carbocycles. The monoisotopic (exact) mass is 215 g/mol. The first kappa shape index (κ1) is 12.5. The van der Waals surface area contributed by atoms with Gasteiger partial charge in [0.05, 0.1) is 25.2 Å². The molecule has 1 rings (SSSR count). The van der Waals surface area contributed by atoms with Gasteiger partial charge in [0, 0.05) is 6.61 Å². The maximum absolute atomic E-state index is 11.8. The Morgan fingerprint density at radius 1 is 1.60 bits per heavy atom. The molecule has 0 aromatic rings. The zero-order valence-corrected chi connectivity index (χ0v) is 9.53. The number of carbonyl (C=O) groups excluding carboxylic acids is 1. The molecule has 1 heterocycles. The fraction of sp³-hybridized carbons (Fsp3) is 0.909. The number of hydrogen-bond acceptors (Lipinski definition) is 3. The lowest BCUT2D eigenvalue weighted by Crippen LogP contribution is -2.45. The van der Waals surface area contributed by atoms with Crippen molar-refractivity contribution in [3.63, 3.8) is 0 Å². The summed E-state index contributed by atoms with van der Waals surface area (Å²) in [5.74, 6) is 0.234. The number of hydrogen-bond donors (Lipinski definition) is 2. The SMILES string of the molecule is CC(C)C(CO)NC(=O)C1CCCOC1. The third-order valence-electron chi connectivity index (χ3n) is 2.86. The molecule has 4 nitrogen and oxygen atoms in total. The maximum Gasteiger partial charge on any atom is 0.225 e. The van der Waals surface area contributed by atoms with Crippen molar-refractivity contribution in [3.05, 3.63) is 0 Å². The fourth-order valence-corrected chi connectivity index (χ4v) is 1.67. The molecule has 2 N–H and O–H groups in total. The molecule has 4 heteroatoms. The molecule has 0 bridgehead atoms. The molecular weight excluding hydrogens is 194 g/mol. The summed E-state index contributed by atoms with van der Waals surface area (Å²) in [6.07, 6.45) is 1.84. The Balaban J connectivity index is 2.38. The molecule has 2 unspecified atom stereocenters. The smallest absolute Gasteiger partial charge is 0.225 e. The topological polar surface area (TPSA) is 58.6 Å². The predicted molar refractivity (Wildman–Crippen MR) is 57.4 cm³/mol. The quantitative estimate of drug-likeness (QED) is 0.720. The maximum atomic E-state index is 11.8. The normalized spacial score (nSPS) is 23.9. The molecule has 1 amide bonds. The minimum atomic E-state index is -0.139. The summed E-state index contributed by atoms with van der Waals surface area (Å²) in [4.78, 5) is 11.8. The molecular formula is C11H21NO3. The van der Waals surface area contributed by atoms with Crippen LogP contribution >= 0.6 is 0 Å². The van der Waals surface area contributed by atoms with Crippen molar-refractivity contribution in [1.29, 1.82) is 0 Å². The van der Waals surface area contributed by atoms with Crippen LogP contribution in [0.25, 0.3) is 0 Å². The van der Waals surface area contributed by atoms with Crippen LogP contribution < -0.4 is 5.32 Å². The van der Waals surface area contributed by atoms with E-state index in [4.69, 9.17) is 9.84 Å². The summed E-state index contributed by atoms with van der Waals surface area (Å²) in [5, 5.41) is 12.0. The second-order valence-electron chi connectivity index (χ2n) is 4.46. The lowest BCUT2D eigenvalue weighted by molar-refractivity contribution is -0.130. The van der Waals surface area contributed by atoms with Crippen molar-refractivity contribution in [2.24, 2.45) is 11.8 Å². The summed E-state index contributed by atoms with van der Waals surface area (Å²) in [6, 6.07) is -0.139. The summed E-state index contributed by atoms with van der Waals surface area (Å²) in [6.45, 7) is 5.24. The van der Waals surface area contributed by atoms with Gasteiger partial charge in [0.1, 0.15) is 0 Å². The highest BCUT2D eigenvalue weighted by Gasteiger charge is 2.24. The van der Waals surface area contributed by atoms with Gasteiger partial charge in [0.15, 0.2) is 0 Å². The van der Waals surface area contributed by atoms with E-state index in [9.17, 15) is 4.79 Å². The third-order valence-corrected chi connectivity index (χ3v) is 2.86. The highest BCUT2D eigenvalue weighted by molar-refractivity contribution is 5.79. The highest BCUT2D eigenvalue weighted by Crippen LogP contribution is 2.14. The lowest BCUT2D eigenvalue weighted by Gasteiger charge is -2.25. The Morgan fingerprint density at radius 2 is 2.33 bits per heavy atom. The predicted octanol–water partition coefficient (Wildman–Crippen LogP) is 0.546. The Morgan fingerprint density at radius 3 is 2.80 bits per heavy atom. The van der Waals surface area contributed by atoms with Gasteiger partial charge in [-0.3, -0.25) is 4.79 Å². The highest BCUT2D eigenvalue weighted by atomic mass is 16.5. The third kappa shape index (κ3) is 3.80. The van der Waals surface area contributed by atoms with Crippen LogP contribution in [0.5, 0.6) is 0 Å². The van der Waals surface area contributed by atoms with Gasteiger partial charge in [0.25, 0.3) is 0 Å².